The molecule has 0 aromatic carbocycles. The molecule has 1 aliphatic carbocycles. The molecule has 1 N–H and O–H groups in total. The minimum absolute atomic E-state index is 0.353. The van der Waals surface area contributed by atoms with E-state index < -0.39 is 11.9 Å². The first kappa shape index (κ1) is 14.7. The highest BCUT2D eigenvalue weighted by Gasteiger charge is 2.34. The third kappa shape index (κ3) is 4.90. The number of carbonyl (C=O) groups excluding carboxylic acids is 1. The van der Waals surface area contributed by atoms with Crippen molar-refractivity contribution in [3.63, 3.8) is 0 Å². The van der Waals surface area contributed by atoms with Crippen molar-refractivity contribution in [1.29, 1.82) is 0 Å². The topological polar surface area (TPSA) is 63.6 Å². The van der Waals surface area contributed by atoms with E-state index in [1.807, 2.05) is 0 Å². The smallest absolute Gasteiger partial charge is 0.331 e. The molecule has 1 fully saturated rings. The predicted octanol–water partition coefficient (Wildman–Crippen LogP) is 3.06. The summed E-state index contributed by atoms with van der Waals surface area (Å²) in [4.78, 5) is 22.0. The summed E-state index contributed by atoms with van der Waals surface area (Å²) in [5.41, 5.74) is -0.353. The molecule has 1 saturated carbocycles. The summed E-state index contributed by atoms with van der Waals surface area (Å²) in [6.45, 7) is 2.11. The van der Waals surface area contributed by atoms with E-state index in [0.717, 1.165) is 57.1 Å². The molecule has 1 rings (SSSR count). The van der Waals surface area contributed by atoms with Crippen LogP contribution in [-0.4, -0.2) is 22.6 Å². The molecular formula is C14H22O4. The Bertz CT molecular complexity index is 314. The Hall–Kier alpha value is -1.32. The van der Waals surface area contributed by atoms with E-state index in [-0.39, 0.29) is 5.60 Å². The predicted molar refractivity (Wildman–Crippen MR) is 68.2 cm³/mol. The summed E-state index contributed by atoms with van der Waals surface area (Å²) >= 11 is 0. The fourth-order valence-corrected chi connectivity index (χ4v) is 2.48. The van der Waals surface area contributed by atoms with E-state index in [1.54, 1.807) is 0 Å². The summed E-state index contributed by atoms with van der Waals surface area (Å²) in [5, 5.41) is 8.48. The summed E-state index contributed by atoms with van der Waals surface area (Å²) < 4.78 is 5.54. The highest BCUT2D eigenvalue weighted by Crippen LogP contribution is 2.36. The van der Waals surface area contributed by atoms with Gasteiger partial charge in [0.2, 0.25) is 0 Å². The number of esters is 1. The van der Waals surface area contributed by atoms with Crippen LogP contribution < -0.4 is 0 Å². The van der Waals surface area contributed by atoms with Gasteiger partial charge in [0, 0.05) is 12.2 Å². The summed E-state index contributed by atoms with van der Waals surface area (Å²) in [6.07, 6.45) is 9.99. The first-order valence-corrected chi connectivity index (χ1v) is 6.72. The molecule has 0 heterocycles. The molecule has 0 amide bonds. The van der Waals surface area contributed by atoms with Gasteiger partial charge in [0.25, 0.3) is 0 Å². The quantitative estimate of drug-likeness (QED) is 0.584. The lowest BCUT2D eigenvalue weighted by atomic mass is 9.81. The number of ether oxygens (including phenoxy) is 1. The molecule has 0 bridgehead atoms. The maximum absolute atomic E-state index is 11.6. The molecule has 18 heavy (non-hydrogen) atoms. The number of hydrogen-bond donors (Lipinski definition) is 1. The van der Waals surface area contributed by atoms with Gasteiger partial charge < -0.3 is 9.84 Å². The Morgan fingerprint density at radius 3 is 2.44 bits per heavy atom. The van der Waals surface area contributed by atoms with Gasteiger partial charge >= 0.3 is 11.9 Å². The molecule has 0 radical (unpaired) electrons. The first-order chi connectivity index (χ1) is 8.58. The van der Waals surface area contributed by atoms with Crippen molar-refractivity contribution in [3.05, 3.63) is 12.2 Å². The molecule has 1 aliphatic rings. The zero-order valence-electron chi connectivity index (χ0n) is 11.0. The van der Waals surface area contributed by atoms with Crippen molar-refractivity contribution in [2.24, 2.45) is 0 Å². The minimum atomic E-state index is -1.13. The average Bonchev–Trinajstić information content (AvgIpc) is 2.35. The maximum Gasteiger partial charge on any atom is 0.331 e. The van der Waals surface area contributed by atoms with E-state index in [4.69, 9.17) is 9.84 Å². The Kier molecular flexibility index (Phi) is 5.89. The lowest BCUT2D eigenvalue weighted by Gasteiger charge is -2.36. The van der Waals surface area contributed by atoms with Gasteiger partial charge in [-0.3, -0.25) is 0 Å². The Balaban J connectivity index is 2.60. The van der Waals surface area contributed by atoms with Gasteiger partial charge in [0.05, 0.1) is 0 Å². The van der Waals surface area contributed by atoms with E-state index in [0.29, 0.717) is 0 Å². The molecule has 4 heteroatoms. The van der Waals surface area contributed by atoms with Crippen molar-refractivity contribution >= 4 is 11.9 Å². The average molecular weight is 254 g/mol. The second kappa shape index (κ2) is 7.19. The van der Waals surface area contributed by atoms with E-state index in [2.05, 4.69) is 6.92 Å². The van der Waals surface area contributed by atoms with Crippen molar-refractivity contribution in [3.8, 4) is 0 Å². The third-order valence-corrected chi connectivity index (χ3v) is 3.43. The van der Waals surface area contributed by atoms with Crippen LogP contribution in [0.5, 0.6) is 0 Å². The van der Waals surface area contributed by atoms with Crippen LogP contribution >= 0.6 is 0 Å². The normalized spacial score (nSPS) is 18.7. The van der Waals surface area contributed by atoms with Crippen LogP contribution in [0.15, 0.2) is 12.2 Å². The first-order valence-electron chi connectivity index (χ1n) is 6.72. The second-order valence-corrected chi connectivity index (χ2v) is 4.94. The molecule has 0 saturated heterocycles. The number of carboxylic acids is 1. The summed E-state index contributed by atoms with van der Waals surface area (Å²) in [6, 6.07) is 0. The van der Waals surface area contributed by atoms with Gasteiger partial charge in [-0.1, -0.05) is 19.8 Å². The zero-order valence-corrected chi connectivity index (χ0v) is 11.0. The fourth-order valence-electron chi connectivity index (χ4n) is 2.48. The van der Waals surface area contributed by atoms with Crippen LogP contribution in [0.1, 0.15) is 58.3 Å². The molecule has 102 valence electrons. The number of carboxylic acid groups (broad SMARTS) is 1. The largest absolute Gasteiger partial charge is 0.478 e. The molecule has 0 aromatic heterocycles. The molecule has 0 spiro atoms. The van der Waals surface area contributed by atoms with E-state index in [9.17, 15) is 9.59 Å². The number of carbonyl (C=O) groups is 2. The number of unbranched alkanes of at least 4 members (excludes halogenated alkanes) is 1. The standard InChI is InChI=1S/C14H22O4/c1-2-3-9-14(10-5-4-6-11-14)18-13(17)8-7-12(15)16/h7-8H,2-6,9-11H2,1H3,(H,15,16)/b8-7-. The highest BCUT2D eigenvalue weighted by atomic mass is 16.6. The van der Waals surface area contributed by atoms with Crippen LogP contribution in [0.3, 0.4) is 0 Å². The van der Waals surface area contributed by atoms with Crippen LogP contribution in [0.2, 0.25) is 0 Å². The lowest BCUT2D eigenvalue weighted by Crippen LogP contribution is -2.36. The molecule has 0 unspecified atom stereocenters. The zero-order chi connectivity index (χ0) is 13.4. The second-order valence-electron chi connectivity index (χ2n) is 4.94. The van der Waals surface area contributed by atoms with E-state index in [1.165, 1.54) is 6.42 Å². The van der Waals surface area contributed by atoms with Gasteiger partial charge in [-0.05, 0) is 38.5 Å². The van der Waals surface area contributed by atoms with E-state index >= 15 is 0 Å². The lowest BCUT2D eigenvalue weighted by molar-refractivity contribution is -0.158. The van der Waals surface area contributed by atoms with Gasteiger partial charge in [-0.25, -0.2) is 9.59 Å². The molecule has 4 nitrogen and oxygen atoms in total. The maximum atomic E-state index is 11.6. The van der Waals surface area contributed by atoms with Gasteiger partial charge in [-0.15, -0.1) is 0 Å². The SMILES string of the molecule is CCCCC1(OC(=O)/C=C\C(=O)O)CCCCC1. The van der Waals surface area contributed by atoms with Crippen LogP contribution in [-0.2, 0) is 14.3 Å². The Labute approximate surface area is 108 Å². The Morgan fingerprint density at radius 2 is 1.89 bits per heavy atom. The summed E-state index contributed by atoms with van der Waals surface area (Å²) in [7, 11) is 0. The monoisotopic (exact) mass is 254 g/mol. The fraction of sp³-hybridized carbons (Fsp3) is 0.714. The van der Waals surface area contributed by atoms with Crippen molar-refractivity contribution in [1.82, 2.24) is 0 Å². The highest BCUT2D eigenvalue weighted by molar-refractivity contribution is 5.90. The van der Waals surface area contributed by atoms with Gasteiger partial charge in [0.1, 0.15) is 5.60 Å². The van der Waals surface area contributed by atoms with Gasteiger partial charge in [0.15, 0.2) is 0 Å². The van der Waals surface area contributed by atoms with Crippen molar-refractivity contribution < 1.29 is 19.4 Å². The number of rotatable bonds is 6. The van der Waals surface area contributed by atoms with Crippen LogP contribution in [0.4, 0.5) is 0 Å². The van der Waals surface area contributed by atoms with Crippen LogP contribution in [0.25, 0.3) is 0 Å². The van der Waals surface area contributed by atoms with Crippen LogP contribution in [0, 0.1) is 0 Å². The third-order valence-electron chi connectivity index (χ3n) is 3.43. The Morgan fingerprint density at radius 1 is 1.22 bits per heavy atom. The minimum Gasteiger partial charge on any atom is -0.478 e. The molecule has 0 aromatic rings. The number of hydrogen-bond acceptors (Lipinski definition) is 3. The number of aliphatic carboxylic acids is 1. The van der Waals surface area contributed by atoms with Gasteiger partial charge in [-0.2, -0.15) is 0 Å². The molecular weight excluding hydrogens is 232 g/mol. The van der Waals surface area contributed by atoms with Crippen molar-refractivity contribution in [2.75, 3.05) is 0 Å². The molecule has 0 aliphatic heterocycles. The summed E-state index contributed by atoms with van der Waals surface area (Å²) in [5.74, 6) is -1.66. The molecule has 0 atom stereocenters. The van der Waals surface area contributed by atoms with Crippen molar-refractivity contribution in [2.45, 2.75) is 63.9 Å².